The molecule has 0 aliphatic heterocycles. The molecule has 0 aliphatic rings. The van der Waals surface area contributed by atoms with Gasteiger partial charge in [-0.2, -0.15) is 0 Å². The first kappa shape index (κ1) is 16.2. The number of nitrogens with zero attached hydrogens (tertiary/aromatic N) is 1. The maximum Gasteiger partial charge on any atom is 0.411 e. The van der Waals surface area contributed by atoms with E-state index in [2.05, 4.69) is 4.74 Å². The lowest BCUT2D eigenvalue weighted by atomic mass is 10.2. The molecule has 0 aromatic carbocycles. The molecule has 0 rings (SSSR count). The minimum atomic E-state index is -1.23. The molecule has 7 nitrogen and oxygen atoms in total. The number of carbonyl (C=O) groups is 3. The highest BCUT2D eigenvalue weighted by Crippen LogP contribution is 2.09. The molecule has 0 bridgehead atoms. The van der Waals surface area contributed by atoms with Crippen LogP contribution in [0.25, 0.3) is 0 Å². The fourth-order valence-corrected chi connectivity index (χ4v) is 1.04. The molecule has 104 valence electrons. The molecular weight excluding hydrogens is 242 g/mol. The fraction of sp³-hybridized carbons (Fsp3) is 0.727. The van der Waals surface area contributed by atoms with Gasteiger partial charge in [0.1, 0.15) is 18.7 Å². The standard InChI is InChI=1S/C11H19NO6/c1-5-17-9(15)7-12(6-8(13)14)10(16)18-11(2,3)4/h5-7H2,1-4H3,(H,13,14). The molecule has 18 heavy (non-hydrogen) atoms. The van der Waals surface area contributed by atoms with E-state index in [-0.39, 0.29) is 6.61 Å². The number of carboxylic acids is 1. The number of carboxylic acid groups (broad SMARTS) is 1. The van der Waals surface area contributed by atoms with Crippen LogP contribution in [0.15, 0.2) is 0 Å². The van der Waals surface area contributed by atoms with E-state index in [0.29, 0.717) is 0 Å². The molecular formula is C11H19NO6. The second-order valence-corrected chi connectivity index (χ2v) is 4.54. The van der Waals surface area contributed by atoms with E-state index in [0.717, 1.165) is 4.90 Å². The van der Waals surface area contributed by atoms with Gasteiger partial charge in [-0.3, -0.25) is 14.5 Å². The smallest absolute Gasteiger partial charge is 0.411 e. The Morgan fingerprint density at radius 2 is 1.72 bits per heavy atom. The van der Waals surface area contributed by atoms with E-state index >= 15 is 0 Å². The van der Waals surface area contributed by atoms with Gasteiger partial charge in [0.25, 0.3) is 0 Å². The summed E-state index contributed by atoms with van der Waals surface area (Å²) in [5, 5.41) is 8.67. The lowest BCUT2D eigenvalue weighted by Gasteiger charge is -2.25. The lowest BCUT2D eigenvalue weighted by Crippen LogP contribution is -2.43. The molecule has 1 N–H and O–H groups in total. The summed E-state index contributed by atoms with van der Waals surface area (Å²) < 4.78 is 9.65. The van der Waals surface area contributed by atoms with Crippen LogP contribution in [0.5, 0.6) is 0 Å². The molecule has 0 radical (unpaired) electrons. The topological polar surface area (TPSA) is 93.1 Å². The van der Waals surface area contributed by atoms with Crippen LogP contribution in [0.4, 0.5) is 4.79 Å². The number of aliphatic carboxylic acids is 1. The predicted molar refractivity (Wildman–Crippen MR) is 62.1 cm³/mol. The van der Waals surface area contributed by atoms with E-state index in [1.807, 2.05) is 0 Å². The second kappa shape index (κ2) is 6.83. The summed E-state index contributed by atoms with van der Waals surface area (Å²) in [6, 6.07) is 0. The summed E-state index contributed by atoms with van der Waals surface area (Å²) in [6.07, 6.45) is -0.863. The van der Waals surface area contributed by atoms with E-state index in [1.54, 1.807) is 27.7 Å². The average molecular weight is 261 g/mol. The van der Waals surface area contributed by atoms with Crippen molar-refractivity contribution >= 4 is 18.0 Å². The molecule has 1 amide bonds. The van der Waals surface area contributed by atoms with Gasteiger partial charge in [0.15, 0.2) is 0 Å². The zero-order valence-corrected chi connectivity index (χ0v) is 11.1. The lowest BCUT2D eigenvalue weighted by molar-refractivity contribution is -0.145. The van der Waals surface area contributed by atoms with Crippen LogP contribution in [0.1, 0.15) is 27.7 Å². The first-order valence-corrected chi connectivity index (χ1v) is 5.51. The van der Waals surface area contributed by atoms with Crippen LogP contribution in [-0.4, -0.2) is 53.3 Å². The van der Waals surface area contributed by atoms with Gasteiger partial charge >= 0.3 is 18.0 Å². The predicted octanol–water partition coefficient (Wildman–Crippen LogP) is 0.871. The molecule has 0 atom stereocenters. The largest absolute Gasteiger partial charge is 0.480 e. The summed E-state index contributed by atoms with van der Waals surface area (Å²) in [4.78, 5) is 34.3. The molecule has 7 heteroatoms. The molecule has 0 aromatic rings. The van der Waals surface area contributed by atoms with Crippen LogP contribution in [0.2, 0.25) is 0 Å². The van der Waals surface area contributed by atoms with Crippen molar-refractivity contribution < 1.29 is 29.0 Å². The second-order valence-electron chi connectivity index (χ2n) is 4.54. The zero-order valence-electron chi connectivity index (χ0n) is 11.1. The maximum atomic E-state index is 11.7. The van der Waals surface area contributed by atoms with Gasteiger partial charge < -0.3 is 14.6 Å². The highest BCUT2D eigenvalue weighted by molar-refractivity contribution is 5.82. The highest BCUT2D eigenvalue weighted by atomic mass is 16.6. The van der Waals surface area contributed by atoms with Crippen LogP contribution >= 0.6 is 0 Å². The van der Waals surface area contributed by atoms with Crippen molar-refractivity contribution in [2.24, 2.45) is 0 Å². The zero-order chi connectivity index (χ0) is 14.3. The molecule has 0 aliphatic carbocycles. The van der Waals surface area contributed by atoms with E-state index in [9.17, 15) is 14.4 Å². The minimum absolute atomic E-state index is 0.161. The van der Waals surface area contributed by atoms with Crippen molar-refractivity contribution in [3.05, 3.63) is 0 Å². The van der Waals surface area contributed by atoms with Gasteiger partial charge in [0.2, 0.25) is 0 Å². The molecule has 0 heterocycles. The Morgan fingerprint density at radius 1 is 1.17 bits per heavy atom. The summed E-state index contributed by atoms with van der Waals surface area (Å²) in [6.45, 7) is 5.65. The third-order valence-electron chi connectivity index (χ3n) is 1.60. The third-order valence-corrected chi connectivity index (χ3v) is 1.60. The first-order chi connectivity index (χ1) is 8.15. The molecule has 0 saturated carbocycles. The Labute approximate surface area is 106 Å². The molecule has 0 spiro atoms. The normalized spacial score (nSPS) is 10.7. The van der Waals surface area contributed by atoms with Crippen LogP contribution < -0.4 is 0 Å². The van der Waals surface area contributed by atoms with Gasteiger partial charge in [0, 0.05) is 0 Å². The fourth-order valence-electron chi connectivity index (χ4n) is 1.04. The summed E-state index contributed by atoms with van der Waals surface area (Å²) in [5.41, 5.74) is -0.761. The Morgan fingerprint density at radius 3 is 2.11 bits per heavy atom. The van der Waals surface area contributed by atoms with Crippen molar-refractivity contribution in [1.82, 2.24) is 4.90 Å². The number of esters is 1. The summed E-state index contributed by atoms with van der Waals surface area (Å²) >= 11 is 0. The number of hydrogen-bond acceptors (Lipinski definition) is 5. The Hall–Kier alpha value is -1.79. The van der Waals surface area contributed by atoms with Gasteiger partial charge in [-0.25, -0.2) is 4.79 Å². The van der Waals surface area contributed by atoms with Crippen molar-refractivity contribution in [3.63, 3.8) is 0 Å². The van der Waals surface area contributed by atoms with E-state index in [1.165, 1.54) is 0 Å². The Bertz CT molecular complexity index is 320. The monoisotopic (exact) mass is 261 g/mol. The maximum absolute atomic E-state index is 11.7. The SMILES string of the molecule is CCOC(=O)CN(CC(=O)O)C(=O)OC(C)(C)C. The van der Waals surface area contributed by atoms with Gasteiger partial charge in [-0.15, -0.1) is 0 Å². The quantitative estimate of drug-likeness (QED) is 0.738. The Balaban J connectivity index is 4.62. The summed E-state index contributed by atoms with van der Waals surface area (Å²) in [7, 11) is 0. The van der Waals surface area contributed by atoms with Crippen LogP contribution in [-0.2, 0) is 19.1 Å². The molecule has 0 unspecified atom stereocenters. The van der Waals surface area contributed by atoms with Crippen LogP contribution in [0, 0.1) is 0 Å². The molecule has 0 aromatic heterocycles. The third kappa shape index (κ3) is 7.48. The minimum Gasteiger partial charge on any atom is -0.480 e. The van der Waals surface area contributed by atoms with Crippen molar-refractivity contribution in [1.29, 1.82) is 0 Å². The number of amides is 1. The first-order valence-electron chi connectivity index (χ1n) is 5.51. The van der Waals surface area contributed by atoms with Crippen molar-refractivity contribution in [2.45, 2.75) is 33.3 Å². The summed E-state index contributed by atoms with van der Waals surface area (Å²) in [5.74, 6) is -1.91. The van der Waals surface area contributed by atoms with Crippen molar-refractivity contribution in [3.8, 4) is 0 Å². The van der Waals surface area contributed by atoms with Crippen molar-refractivity contribution in [2.75, 3.05) is 19.7 Å². The number of rotatable bonds is 5. The number of ether oxygens (including phenoxy) is 2. The van der Waals surface area contributed by atoms with Crippen LogP contribution in [0.3, 0.4) is 0 Å². The van der Waals surface area contributed by atoms with Gasteiger partial charge in [0.05, 0.1) is 6.61 Å². The Kier molecular flexibility index (Phi) is 6.15. The van der Waals surface area contributed by atoms with Gasteiger partial charge in [-0.05, 0) is 27.7 Å². The average Bonchev–Trinajstić information content (AvgIpc) is 2.13. The van der Waals surface area contributed by atoms with E-state index in [4.69, 9.17) is 9.84 Å². The molecule has 0 saturated heterocycles. The highest BCUT2D eigenvalue weighted by Gasteiger charge is 2.26. The number of carbonyl (C=O) groups excluding carboxylic acids is 2. The van der Waals surface area contributed by atoms with Gasteiger partial charge in [-0.1, -0.05) is 0 Å². The number of hydrogen-bond donors (Lipinski definition) is 1. The molecule has 0 fully saturated rings. The van der Waals surface area contributed by atoms with E-state index < -0.39 is 36.7 Å².